The van der Waals surface area contributed by atoms with E-state index in [1.165, 1.54) is 12.1 Å². The first-order valence-electron chi connectivity index (χ1n) is 6.61. The number of rotatable bonds is 4. The van der Waals surface area contributed by atoms with Gasteiger partial charge in [-0.3, -0.25) is 0 Å². The summed E-state index contributed by atoms with van der Waals surface area (Å²) in [6.07, 6.45) is 3.75. The molecule has 2 unspecified atom stereocenters. The van der Waals surface area contributed by atoms with Crippen LogP contribution < -0.4 is 10.5 Å². The van der Waals surface area contributed by atoms with E-state index in [2.05, 4.69) is 20.7 Å². The topological polar surface area (TPSA) is 72.2 Å². The molecule has 1 fully saturated rings. The molecule has 0 saturated heterocycles. The van der Waals surface area contributed by atoms with Gasteiger partial charge in [0.2, 0.25) is 10.0 Å². The Labute approximate surface area is 139 Å². The minimum atomic E-state index is -3.75. The standard InChI is InChI=1S/C13H18BrFN2O2S.ClH/c14-11-6-5-10(15)7-13(11)20(18,19)17-12-4-2-1-3-9(12)8-16;/h5-7,9,12,17H,1-4,8,16H2;1H. The number of nitrogens with one attached hydrogen (secondary N) is 1. The average Bonchev–Trinajstić information content (AvgIpc) is 2.41. The Morgan fingerprint density at radius 1 is 1.33 bits per heavy atom. The number of benzene rings is 1. The highest BCUT2D eigenvalue weighted by Gasteiger charge is 2.29. The Hall–Kier alpha value is -0.210. The van der Waals surface area contributed by atoms with Gasteiger partial charge in [-0.05, 0) is 59.4 Å². The maximum absolute atomic E-state index is 13.3. The van der Waals surface area contributed by atoms with E-state index >= 15 is 0 Å². The lowest BCUT2D eigenvalue weighted by Gasteiger charge is -2.31. The van der Waals surface area contributed by atoms with Gasteiger partial charge in [0.05, 0.1) is 4.90 Å². The van der Waals surface area contributed by atoms with Crippen molar-refractivity contribution in [3.05, 3.63) is 28.5 Å². The van der Waals surface area contributed by atoms with E-state index < -0.39 is 15.8 Å². The average molecular weight is 402 g/mol. The van der Waals surface area contributed by atoms with Crippen LogP contribution in [0.25, 0.3) is 0 Å². The van der Waals surface area contributed by atoms with E-state index in [0.29, 0.717) is 11.0 Å². The quantitative estimate of drug-likeness (QED) is 0.815. The van der Waals surface area contributed by atoms with Crippen LogP contribution in [0, 0.1) is 11.7 Å². The predicted molar refractivity (Wildman–Crippen MR) is 86.5 cm³/mol. The van der Waals surface area contributed by atoms with Gasteiger partial charge in [0.25, 0.3) is 0 Å². The first-order chi connectivity index (χ1) is 9.44. The number of nitrogens with two attached hydrogens (primary N) is 1. The molecular formula is C13H19BrClFN2O2S. The van der Waals surface area contributed by atoms with Crippen molar-refractivity contribution in [3.63, 3.8) is 0 Å². The summed E-state index contributed by atoms with van der Waals surface area (Å²) >= 11 is 3.15. The first-order valence-corrected chi connectivity index (χ1v) is 8.89. The second-order valence-electron chi connectivity index (χ2n) is 5.08. The van der Waals surface area contributed by atoms with Gasteiger partial charge < -0.3 is 5.73 Å². The lowest BCUT2D eigenvalue weighted by molar-refractivity contribution is 0.296. The fourth-order valence-corrected chi connectivity index (χ4v) is 4.91. The van der Waals surface area contributed by atoms with Gasteiger partial charge in [0.1, 0.15) is 5.82 Å². The third-order valence-electron chi connectivity index (χ3n) is 3.70. The summed E-state index contributed by atoms with van der Waals surface area (Å²) in [5.74, 6) is -0.432. The highest BCUT2D eigenvalue weighted by atomic mass is 79.9. The molecule has 1 aromatic rings. The summed E-state index contributed by atoms with van der Waals surface area (Å²) in [6, 6.07) is 3.46. The monoisotopic (exact) mass is 400 g/mol. The molecule has 0 amide bonds. The zero-order chi connectivity index (χ0) is 14.8. The van der Waals surface area contributed by atoms with Crippen molar-refractivity contribution in [1.29, 1.82) is 0 Å². The van der Waals surface area contributed by atoms with Crippen LogP contribution in [0.3, 0.4) is 0 Å². The number of hydrogen-bond donors (Lipinski definition) is 2. The Bertz CT molecular complexity index is 586. The van der Waals surface area contributed by atoms with Crippen LogP contribution in [-0.2, 0) is 10.0 Å². The second-order valence-corrected chi connectivity index (χ2v) is 7.62. The number of halogens is 3. The third-order valence-corrected chi connectivity index (χ3v) is 6.18. The third kappa shape index (κ3) is 4.63. The summed E-state index contributed by atoms with van der Waals surface area (Å²) < 4.78 is 41.1. The van der Waals surface area contributed by atoms with Crippen LogP contribution in [0.15, 0.2) is 27.6 Å². The minimum Gasteiger partial charge on any atom is -0.330 e. The molecule has 0 spiro atoms. The number of sulfonamides is 1. The van der Waals surface area contributed by atoms with Crippen LogP contribution in [0.5, 0.6) is 0 Å². The Morgan fingerprint density at radius 3 is 2.67 bits per heavy atom. The van der Waals surface area contributed by atoms with Crippen LogP contribution in [-0.4, -0.2) is 21.0 Å². The molecule has 4 nitrogen and oxygen atoms in total. The number of hydrogen-bond acceptors (Lipinski definition) is 3. The van der Waals surface area contributed by atoms with Crippen LogP contribution in [0.4, 0.5) is 4.39 Å². The molecule has 0 aliphatic heterocycles. The molecular weight excluding hydrogens is 383 g/mol. The summed E-state index contributed by atoms with van der Waals surface area (Å²) in [4.78, 5) is -0.0705. The molecule has 1 saturated carbocycles. The molecule has 21 heavy (non-hydrogen) atoms. The molecule has 2 atom stereocenters. The molecule has 2 rings (SSSR count). The summed E-state index contributed by atoms with van der Waals surface area (Å²) in [7, 11) is -3.75. The van der Waals surface area contributed by atoms with Crippen molar-refractivity contribution in [2.45, 2.75) is 36.6 Å². The lowest BCUT2D eigenvalue weighted by Crippen LogP contribution is -2.44. The Kier molecular flexibility index (Phi) is 7.06. The zero-order valence-electron chi connectivity index (χ0n) is 11.4. The summed E-state index contributed by atoms with van der Waals surface area (Å²) in [6.45, 7) is 0.456. The molecule has 3 N–H and O–H groups in total. The van der Waals surface area contributed by atoms with Crippen molar-refractivity contribution in [2.75, 3.05) is 6.54 Å². The molecule has 120 valence electrons. The van der Waals surface area contributed by atoms with Gasteiger partial charge in [-0.1, -0.05) is 12.8 Å². The lowest BCUT2D eigenvalue weighted by atomic mass is 9.85. The highest BCUT2D eigenvalue weighted by molar-refractivity contribution is 9.10. The fourth-order valence-electron chi connectivity index (χ4n) is 2.59. The Balaban J connectivity index is 0.00000220. The molecule has 1 aliphatic rings. The summed E-state index contributed by atoms with van der Waals surface area (Å²) in [5.41, 5.74) is 5.70. The van der Waals surface area contributed by atoms with Crippen molar-refractivity contribution < 1.29 is 12.8 Å². The van der Waals surface area contributed by atoms with Crippen LogP contribution >= 0.6 is 28.3 Å². The maximum atomic E-state index is 13.3. The van der Waals surface area contributed by atoms with Crippen molar-refractivity contribution in [3.8, 4) is 0 Å². The van der Waals surface area contributed by atoms with Gasteiger partial charge in [-0.25, -0.2) is 17.5 Å². The van der Waals surface area contributed by atoms with E-state index in [1.807, 2.05) is 0 Å². The summed E-state index contributed by atoms with van der Waals surface area (Å²) in [5, 5.41) is 0. The zero-order valence-corrected chi connectivity index (χ0v) is 14.6. The maximum Gasteiger partial charge on any atom is 0.242 e. The van der Waals surface area contributed by atoms with Gasteiger partial charge in [-0.15, -0.1) is 12.4 Å². The molecule has 0 aromatic heterocycles. The smallest absolute Gasteiger partial charge is 0.242 e. The van der Waals surface area contributed by atoms with Crippen molar-refractivity contribution >= 4 is 38.4 Å². The van der Waals surface area contributed by atoms with Crippen LogP contribution in [0.1, 0.15) is 25.7 Å². The second kappa shape index (κ2) is 7.87. The van der Waals surface area contributed by atoms with E-state index in [0.717, 1.165) is 31.7 Å². The van der Waals surface area contributed by atoms with E-state index in [4.69, 9.17) is 5.73 Å². The van der Waals surface area contributed by atoms with Gasteiger partial charge in [-0.2, -0.15) is 0 Å². The minimum absolute atomic E-state index is 0. The molecule has 8 heteroatoms. The first kappa shape index (κ1) is 18.8. The predicted octanol–water partition coefficient (Wildman–Crippen LogP) is 2.81. The van der Waals surface area contributed by atoms with Crippen LogP contribution in [0.2, 0.25) is 0 Å². The largest absolute Gasteiger partial charge is 0.330 e. The van der Waals surface area contributed by atoms with E-state index in [1.54, 1.807) is 0 Å². The van der Waals surface area contributed by atoms with Gasteiger partial charge >= 0.3 is 0 Å². The molecule has 0 heterocycles. The van der Waals surface area contributed by atoms with Crippen molar-refractivity contribution in [2.24, 2.45) is 11.7 Å². The highest BCUT2D eigenvalue weighted by Crippen LogP contribution is 2.27. The molecule has 0 bridgehead atoms. The SMILES string of the molecule is Cl.NCC1CCCCC1NS(=O)(=O)c1cc(F)ccc1Br. The Morgan fingerprint density at radius 2 is 2.00 bits per heavy atom. The molecule has 0 radical (unpaired) electrons. The molecule has 1 aliphatic carbocycles. The van der Waals surface area contributed by atoms with Gasteiger partial charge in [0.15, 0.2) is 0 Å². The van der Waals surface area contributed by atoms with E-state index in [-0.39, 0.29) is 29.3 Å². The normalized spacial score (nSPS) is 22.6. The van der Waals surface area contributed by atoms with E-state index in [9.17, 15) is 12.8 Å². The molecule has 1 aromatic carbocycles. The van der Waals surface area contributed by atoms with Gasteiger partial charge in [0, 0.05) is 10.5 Å². The van der Waals surface area contributed by atoms with Crippen molar-refractivity contribution in [1.82, 2.24) is 4.72 Å². The fraction of sp³-hybridized carbons (Fsp3) is 0.538.